The van der Waals surface area contributed by atoms with Gasteiger partial charge in [-0.3, -0.25) is 4.57 Å². The second-order valence-corrected chi connectivity index (χ2v) is 14.0. The number of rotatable bonds is 7. The van der Waals surface area contributed by atoms with Gasteiger partial charge in [-0.05, 0) is 41.1 Å². The van der Waals surface area contributed by atoms with Crippen molar-refractivity contribution in [3.05, 3.63) is 188 Å². The summed E-state index contributed by atoms with van der Waals surface area (Å²) in [5.41, 5.74) is 10.1. The van der Waals surface area contributed by atoms with Crippen LogP contribution in [0.1, 0.15) is 0 Å². The van der Waals surface area contributed by atoms with Crippen LogP contribution in [-0.4, -0.2) is 34.5 Å². The number of nitrogens with zero attached hydrogens (tertiary/aromatic N) is 7. The lowest BCUT2D eigenvalue weighted by atomic mass is 10.0. The first-order valence-electron chi connectivity index (χ1n) is 18.9. The van der Waals surface area contributed by atoms with E-state index in [1.165, 1.54) is 10.8 Å². The van der Waals surface area contributed by atoms with Gasteiger partial charge < -0.3 is 0 Å². The molecule has 266 valence electrons. The fraction of sp³-hybridized carbons (Fsp3) is 0. The number of aromatic nitrogens is 7. The van der Waals surface area contributed by atoms with Crippen LogP contribution in [0, 0.1) is 0 Å². The van der Waals surface area contributed by atoms with Crippen molar-refractivity contribution in [1.82, 2.24) is 34.5 Å². The van der Waals surface area contributed by atoms with Gasteiger partial charge in [-0.1, -0.05) is 158 Å². The molecule has 0 unspecified atom stereocenters. The Hall–Kier alpha value is -7.90. The van der Waals surface area contributed by atoms with Crippen molar-refractivity contribution < 1.29 is 0 Å². The molecule has 0 N–H and O–H groups in total. The van der Waals surface area contributed by atoms with Crippen molar-refractivity contribution in [2.45, 2.75) is 0 Å². The van der Waals surface area contributed by atoms with Gasteiger partial charge in [0.2, 0.25) is 5.95 Å². The highest BCUT2D eigenvalue weighted by molar-refractivity contribution is 6.24. The zero-order chi connectivity index (χ0) is 37.7. The average molecular weight is 730 g/mol. The van der Waals surface area contributed by atoms with E-state index in [-0.39, 0.29) is 0 Å². The molecule has 0 aliphatic rings. The van der Waals surface area contributed by atoms with Crippen LogP contribution < -0.4 is 0 Å². The Bertz CT molecular complexity index is 2890. The second-order valence-electron chi connectivity index (χ2n) is 14.0. The normalized spacial score (nSPS) is 11.5. The molecule has 11 rings (SSSR count). The molecule has 11 aromatic rings. The molecule has 57 heavy (non-hydrogen) atoms. The quantitative estimate of drug-likeness (QED) is 0.152. The van der Waals surface area contributed by atoms with E-state index in [2.05, 4.69) is 77.4 Å². The van der Waals surface area contributed by atoms with Crippen LogP contribution in [0.2, 0.25) is 0 Å². The van der Waals surface area contributed by atoms with Crippen LogP contribution in [0.3, 0.4) is 0 Å². The third-order valence-corrected chi connectivity index (χ3v) is 10.4. The molecule has 0 amide bonds. The van der Waals surface area contributed by atoms with E-state index >= 15 is 0 Å². The summed E-state index contributed by atoms with van der Waals surface area (Å²) in [6.07, 6.45) is 0. The first-order valence-corrected chi connectivity index (χ1v) is 18.9. The van der Waals surface area contributed by atoms with E-state index in [4.69, 9.17) is 29.9 Å². The lowest BCUT2D eigenvalue weighted by Crippen LogP contribution is -2.06. The molecule has 7 heteroatoms. The molecular weight excluding hydrogens is 699 g/mol. The highest BCUT2D eigenvalue weighted by Gasteiger charge is 2.22. The van der Waals surface area contributed by atoms with E-state index in [1.807, 2.05) is 115 Å². The number of hydrogen-bond donors (Lipinski definition) is 0. The average Bonchev–Trinajstić information content (AvgIpc) is 3.65. The Balaban J connectivity index is 1.21. The summed E-state index contributed by atoms with van der Waals surface area (Å²) in [5.74, 6) is 1.73. The first-order chi connectivity index (χ1) is 28.2. The predicted octanol–water partition coefficient (Wildman–Crippen LogP) is 11.7. The Morgan fingerprint density at radius 1 is 0.281 bits per heavy atom. The molecule has 0 aliphatic carbocycles. The van der Waals surface area contributed by atoms with Crippen LogP contribution in [0.4, 0.5) is 0 Å². The SMILES string of the molecule is c1ccc(-c2cc(-c3cc(-c4cc(-c5ccccc5)nc(-c5ccccc5)n4)nc(-n4c5cccc6ccc7cccc4c7c65)n3)nc(-c3ccccc3)n2)cc1. The minimum atomic E-state index is 0.515. The molecule has 7 nitrogen and oxygen atoms in total. The fourth-order valence-electron chi connectivity index (χ4n) is 7.74. The maximum atomic E-state index is 5.38. The van der Waals surface area contributed by atoms with E-state index < -0.39 is 0 Å². The summed E-state index contributed by atoms with van der Waals surface area (Å²) in [6, 6.07) is 63.7. The van der Waals surface area contributed by atoms with Gasteiger partial charge in [-0.2, -0.15) is 0 Å². The van der Waals surface area contributed by atoms with Gasteiger partial charge in [0, 0.05) is 33.0 Å². The topological polar surface area (TPSA) is 82.3 Å². The zero-order valence-electron chi connectivity index (χ0n) is 30.5. The molecule has 0 saturated heterocycles. The molecule has 0 radical (unpaired) electrons. The smallest absolute Gasteiger partial charge is 0.235 e. The molecule has 0 fully saturated rings. The summed E-state index contributed by atoms with van der Waals surface area (Å²) >= 11 is 0. The molecule has 0 spiro atoms. The monoisotopic (exact) mass is 729 g/mol. The molecule has 0 bridgehead atoms. The van der Waals surface area contributed by atoms with Gasteiger partial charge in [0.1, 0.15) is 0 Å². The van der Waals surface area contributed by atoms with Crippen molar-refractivity contribution >= 4 is 32.6 Å². The van der Waals surface area contributed by atoms with E-state index in [0.29, 0.717) is 40.4 Å². The maximum Gasteiger partial charge on any atom is 0.235 e. The van der Waals surface area contributed by atoms with Gasteiger partial charge in [-0.25, -0.2) is 29.9 Å². The molecular formula is C50H31N7. The minimum Gasteiger partial charge on any atom is -0.278 e. The lowest BCUT2D eigenvalue weighted by molar-refractivity contribution is 0.986. The van der Waals surface area contributed by atoms with Gasteiger partial charge in [0.05, 0.1) is 45.2 Å². The Kier molecular flexibility index (Phi) is 7.67. The first kappa shape index (κ1) is 32.5. The van der Waals surface area contributed by atoms with Crippen molar-refractivity contribution in [1.29, 1.82) is 0 Å². The van der Waals surface area contributed by atoms with Gasteiger partial charge in [0.25, 0.3) is 0 Å². The zero-order valence-corrected chi connectivity index (χ0v) is 30.5. The highest BCUT2D eigenvalue weighted by Crippen LogP contribution is 2.39. The van der Waals surface area contributed by atoms with Crippen LogP contribution in [0.15, 0.2) is 188 Å². The van der Waals surface area contributed by atoms with Crippen molar-refractivity contribution in [3.8, 4) is 74.0 Å². The van der Waals surface area contributed by atoms with Crippen molar-refractivity contribution in [2.75, 3.05) is 0 Å². The van der Waals surface area contributed by atoms with Crippen LogP contribution in [0.25, 0.3) is 107 Å². The van der Waals surface area contributed by atoms with Crippen molar-refractivity contribution in [2.24, 2.45) is 0 Å². The third-order valence-electron chi connectivity index (χ3n) is 10.4. The summed E-state index contributed by atoms with van der Waals surface area (Å²) in [4.78, 5) is 31.3. The summed E-state index contributed by atoms with van der Waals surface area (Å²) in [7, 11) is 0. The van der Waals surface area contributed by atoms with Crippen LogP contribution >= 0.6 is 0 Å². The standard InChI is InChI=1S/C50H31N7/c1-5-15-32(16-6-1)38-29-40(53-48(51-38)36-19-9-3-10-20-36)42-31-43(41-30-39(33-17-7-2-8-18-33)52-49(54-41)37-21-11-4-12-22-37)56-50(55-42)57-44-25-13-23-34-27-28-35-24-14-26-45(57)47(35)46(34)44/h1-31H. The van der Waals surface area contributed by atoms with Crippen LogP contribution in [-0.2, 0) is 0 Å². The van der Waals surface area contributed by atoms with E-state index in [0.717, 1.165) is 55.4 Å². The largest absolute Gasteiger partial charge is 0.278 e. The predicted molar refractivity (Wildman–Crippen MR) is 229 cm³/mol. The fourth-order valence-corrected chi connectivity index (χ4v) is 7.74. The minimum absolute atomic E-state index is 0.515. The summed E-state index contributed by atoms with van der Waals surface area (Å²) < 4.78 is 2.17. The molecule has 4 heterocycles. The van der Waals surface area contributed by atoms with E-state index in [9.17, 15) is 0 Å². The lowest BCUT2D eigenvalue weighted by Gasteiger charge is -2.14. The Morgan fingerprint density at radius 3 is 1.05 bits per heavy atom. The summed E-state index contributed by atoms with van der Waals surface area (Å²) in [5, 5.41) is 4.69. The molecule has 7 aromatic carbocycles. The second kappa shape index (κ2) is 13.4. The Labute approximate surface area is 328 Å². The van der Waals surface area contributed by atoms with E-state index in [1.54, 1.807) is 0 Å². The maximum absolute atomic E-state index is 5.38. The molecule has 0 atom stereocenters. The molecule has 4 aromatic heterocycles. The number of hydrogen-bond acceptors (Lipinski definition) is 6. The molecule has 0 saturated carbocycles. The Morgan fingerprint density at radius 2 is 0.632 bits per heavy atom. The highest BCUT2D eigenvalue weighted by atomic mass is 15.2. The van der Waals surface area contributed by atoms with Gasteiger partial charge in [-0.15, -0.1) is 0 Å². The van der Waals surface area contributed by atoms with Gasteiger partial charge in [0.15, 0.2) is 11.6 Å². The molecule has 0 aliphatic heterocycles. The van der Waals surface area contributed by atoms with Crippen molar-refractivity contribution in [3.63, 3.8) is 0 Å². The third kappa shape index (κ3) is 5.77. The summed E-state index contributed by atoms with van der Waals surface area (Å²) in [6.45, 7) is 0. The van der Waals surface area contributed by atoms with Crippen LogP contribution in [0.5, 0.6) is 0 Å². The number of benzene rings is 7. The van der Waals surface area contributed by atoms with Gasteiger partial charge >= 0.3 is 0 Å².